The molecule has 0 heterocycles. The van der Waals surface area contributed by atoms with Gasteiger partial charge in [-0.3, -0.25) is 4.79 Å². The fourth-order valence-electron chi connectivity index (χ4n) is 1.35. The third kappa shape index (κ3) is 8.15. The molecule has 0 unspecified atom stereocenters. The van der Waals surface area contributed by atoms with Crippen molar-refractivity contribution in [3.63, 3.8) is 0 Å². The molecule has 0 aliphatic rings. The average molecular weight is 264 g/mol. The van der Waals surface area contributed by atoms with E-state index in [1.54, 1.807) is 6.92 Å². The second kappa shape index (κ2) is 8.47. The van der Waals surface area contributed by atoms with E-state index in [9.17, 15) is 13.2 Å². The van der Waals surface area contributed by atoms with Gasteiger partial charge < -0.3 is 10.6 Å². The lowest BCUT2D eigenvalue weighted by Crippen LogP contribution is -2.40. The first-order valence-corrected chi connectivity index (χ1v) is 7.97. The summed E-state index contributed by atoms with van der Waals surface area (Å²) in [6, 6.07) is 0.212. The van der Waals surface area contributed by atoms with Gasteiger partial charge in [-0.2, -0.15) is 0 Å². The van der Waals surface area contributed by atoms with Gasteiger partial charge in [-0.15, -0.1) is 0 Å². The number of nitrogens with one attached hydrogen (secondary N) is 2. The van der Waals surface area contributed by atoms with E-state index in [2.05, 4.69) is 10.6 Å². The second-order valence-electron chi connectivity index (χ2n) is 3.99. The lowest BCUT2D eigenvalue weighted by molar-refractivity contribution is -0.121. The number of rotatable bonds is 9. The Labute approximate surface area is 104 Å². The Kier molecular flexibility index (Phi) is 8.16. The summed E-state index contributed by atoms with van der Waals surface area (Å²) >= 11 is 0. The molecule has 6 heteroatoms. The molecule has 0 atom stereocenters. The number of sulfone groups is 1. The first-order valence-electron chi connectivity index (χ1n) is 6.15. The molecule has 0 aliphatic carbocycles. The topological polar surface area (TPSA) is 75.3 Å². The van der Waals surface area contributed by atoms with Gasteiger partial charge in [0.1, 0.15) is 0 Å². The van der Waals surface area contributed by atoms with Crippen LogP contribution in [0.15, 0.2) is 0 Å². The Morgan fingerprint density at radius 1 is 1.18 bits per heavy atom. The van der Waals surface area contributed by atoms with Gasteiger partial charge in [-0.05, 0) is 12.8 Å². The zero-order chi connectivity index (χ0) is 13.3. The summed E-state index contributed by atoms with van der Waals surface area (Å²) in [5, 5.41) is 5.72. The highest BCUT2D eigenvalue weighted by molar-refractivity contribution is 7.91. The third-order valence-electron chi connectivity index (χ3n) is 2.67. The van der Waals surface area contributed by atoms with E-state index in [1.165, 1.54) is 0 Å². The van der Waals surface area contributed by atoms with Crippen LogP contribution in [-0.4, -0.2) is 45.0 Å². The molecule has 0 saturated carbocycles. The van der Waals surface area contributed by atoms with Crippen LogP contribution in [0.5, 0.6) is 0 Å². The molecule has 17 heavy (non-hydrogen) atoms. The Balaban J connectivity index is 3.72. The van der Waals surface area contributed by atoms with Gasteiger partial charge in [-0.25, -0.2) is 8.42 Å². The van der Waals surface area contributed by atoms with Gasteiger partial charge in [0.05, 0.1) is 12.3 Å². The molecular formula is C11H24N2O3S. The Morgan fingerprint density at radius 3 is 2.24 bits per heavy atom. The maximum absolute atomic E-state index is 11.4. The molecule has 0 aromatic rings. The maximum atomic E-state index is 11.4. The highest BCUT2D eigenvalue weighted by Crippen LogP contribution is 1.94. The summed E-state index contributed by atoms with van der Waals surface area (Å²) in [5.41, 5.74) is 0. The smallest absolute Gasteiger partial charge is 0.234 e. The first-order chi connectivity index (χ1) is 7.95. The van der Waals surface area contributed by atoms with Crippen molar-refractivity contribution in [2.24, 2.45) is 0 Å². The van der Waals surface area contributed by atoms with Gasteiger partial charge in [0.25, 0.3) is 0 Å². The summed E-state index contributed by atoms with van der Waals surface area (Å²) in [4.78, 5) is 11.4. The molecule has 0 saturated heterocycles. The molecule has 1 amide bonds. The number of carbonyl (C=O) groups is 1. The molecule has 2 N–H and O–H groups in total. The fraction of sp³-hybridized carbons (Fsp3) is 0.909. The van der Waals surface area contributed by atoms with Gasteiger partial charge in [0.2, 0.25) is 5.91 Å². The number of carbonyl (C=O) groups excluding carboxylic acids is 1. The molecule has 0 spiro atoms. The first kappa shape index (κ1) is 16.4. The van der Waals surface area contributed by atoms with Crippen molar-refractivity contribution in [2.45, 2.75) is 39.7 Å². The molecule has 0 radical (unpaired) electrons. The summed E-state index contributed by atoms with van der Waals surface area (Å²) in [5.74, 6) is 0.156. The van der Waals surface area contributed by atoms with E-state index in [1.807, 2.05) is 13.8 Å². The average Bonchev–Trinajstić information content (AvgIpc) is 2.31. The molecule has 102 valence electrons. The molecule has 5 nitrogen and oxygen atoms in total. The van der Waals surface area contributed by atoms with Gasteiger partial charge in [0.15, 0.2) is 9.84 Å². The fourth-order valence-corrected chi connectivity index (χ4v) is 2.09. The van der Waals surface area contributed by atoms with Gasteiger partial charge in [0, 0.05) is 18.3 Å². The van der Waals surface area contributed by atoms with E-state index >= 15 is 0 Å². The molecule has 0 aromatic heterocycles. The minimum absolute atomic E-state index is 0.0763. The zero-order valence-corrected chi connectivity index (χ0v) is 11.8. The summed E-state index contributed by atoms with van der Waals surface area (Å²) in [6.45, 7) is 6.17. The summed E-state index contributed by atoms with van der Waals surface area (Å²) in [7, 11) is -2.94. The maximum Gasteiger partial charge on any atom is 0.234 e. The monoisotopic (exact) mass is 264 g/mol. The Bertz CT molecular complexity index is 311. The van der Waals surface area contributed by atoms with Crippen LogP contribution in [0.1, 0.15) is 33.6 Å². The van der Waals surface area contributed by atoms with Crippen LogP contribution >= 0.6 is 0 Å². The highest BCUT2D eigenvalue weighted by Gasteiger charge is 2.09. The lowest BCUT2D eigenvalue weighted by Gasteiger charge is -2.14. The van der Waals surface area contributed by atoms with Crippen molar-refractivity contribution in [3.8, 4) is 0 Å². The summed E-state index contributed by atoms with van der Waals surface area (Å²) < 4.78 is 22.3. The minimum Gasteiger partial charge on any atom is -0.352 e. The lowest BCUT2D eigenvalue weighted by atomic mass is 10.2. The van der Waals surface area contributed by atoms with Crippen LogP contribution < -0.4 is 10.6 Å². The van der Waals surface area contributed by atoms with Crippen molar-refractivity contribution < 1.29 is 13.2 Å². The van der Waals surface area contributed by atoms with Crippen LogP contribution in [0.25, 0.3) is 0 Å². The minimum atomic E-state index is -2.94. The number of amides is 1. The van der Waals surface area contributed by atoms with E-state index in [4.69, 9.17) is 0 Å². The molecule has 0 aromatic carbocycles. The quantitative estimate of drug-likeness (QED) is 0.588. The molecule has 0 rings (SSSR count). The van der Waals surface area contributed by atoms with Crippen LogP contribution in [0.3, 0.4) is 0 Å². The molecule has 0 aliphatic heterocycles. The van der Waals surface area contributed by atoms with Crippen molar-refractivity contribution in [3.05, 3.63) is 0 Å². The van der Waals surface area contributed by atoms with Crippen LogP contribution in [0.4, 0.5) is 0 Å². The number of hydrogen-bond donors (Lipinski definition) is 2. The van der Waals surface area contributed by atoms with Crippen molar-refractivity contribution in [1.82, 2.24) is 10.6 Å². The Morgan fingerprint density at radius 2 is 1.76 bits per heavy atom. The molecular weight excluding hydrogens is 240 g/mol. The summed E-state index contributed by atoms with van der Waals surface area (Å²) in [6.07, 6.45) is 1.82. The van der Waals surface area contributed by atoms with Crippen LogP contribution in [0.2, 0.25) is 0 Å². The van der Waals surface area contributed by atoms with Crippen molar-refractivity contribution in [1.29, 1.82) is 0 Å². The molecule has 0 bridgehead atoms. The highest BCUT2D eigenvalue weighted by atomic mass is 32.2. The van der Waals surface area contributed by atoms with E-state index in [0.717, 1.165) is 12.8 Å². The largest absolute Gasteiger partial charge is 0.352 e. The third-order valence-corrected chi connectivity index (χ3v) is 4.37. The predicted molar refractivity (Wildman–Crippen MR) is 69.7 cm³/mol. The van der Waals surface area contributed by atoms with E-state index in [0.29, 0.717) is 6.54 Å². The number of hydrogen-bond acceptors (Lipinski definition) is 4. The van der Waals surface area contributed by atoms with Crippen molar-refractivity contribution in [2.75, 3.05) is 24.6 Å². The zero-order valence-electron chi connectivity index (χ0n) is 11.0. The SMILES string of the molecule is CCC(CC)NC(=O)CNCCS(=O)(=O)CC. The van der Waals surface area contributed by atoms with Crippen LogP contribution in [0, 0.1) is 0 Å². The second-order valence-corrected chi connectivity index (χ2v) is 6.47. The van der Waals surface area contributed by atoms with Gasteiger partial charge in [-0.1, -0.05) is 20.8 Å². The van der Waals surface area contributed by atoms with E-state index in [-0.39, 0.29) is 30.0 Å². The van der Waals surface area contributed by atoms with Crippen molar-refractivity contribution >= 4 is 15.7 Å². The van der Waals surface area contributed by atoms with Gasteiger partial charge >= 0.3 is 0 Å². The molecule has 0 fully saturated rings. The predicted octanol–water partition coefficient (Wildman–Crippen LogP) is 0.316. The van der Waals surface area contributed by atoms with E-state index < -0.39 is 9.84 Å². The Hall–Kier alpha value is -0.620. The van der Waals surface area contributed by atoms with Crippen LogP contribution in [-0.2, 0) is 14.6 Å². The normalized spacial score (nSPS) is 11.8. The standard InChI is InChI=1S/C11H24N2O3S/c1-4-10(5-2)13-11(14)9-12-7-8-17(15,16)6-3/h10,12H,4-9H2,1-3H3,(H,13,14).